The molecule has 112 valence electrons. The summed E-state index contributed by atoms with van der Waals surface area (Å²) in [7, 11) is 0. The Morgan fingerprint density at radius 1 is 1.60 bits per heavy atom. The minimum Gasteiger partial charge on any atom is -0.395 e. The maximum atomic E-state index is 12.2. The quantitative estimate of drug-likeness (QED) is 0.844. The first-order valence-corrected chi connectivity index (χ1v) is 8.17. The van der Waals surface area contributed by atoms with E-state index in [0.29, 0.717) is 12.5 Å². The fourth-order valence-corrected chi connectivity index (χ4v) is 3.70. The molecule has 0 bridgehead atoms. The van der Waals surface area contributed by atoms with Crippen LogP contribution < -0.4 is 5.32 Å². The highest BCUT2D eigenvalue weighted by atomic mass is 32.1. The van der Waals surface area contributed by atoms with Crippen LogP contribution >= 0.6 is 11.3 Å². The first kappa shape index (κ1) is 15.5. The van der Waals surface area contributed by atoms with E-state index in [1.807, 2.05) is 11.4 Å². The Morgan fingerprint density at radius 2 is 2.40 bits per heavy atom. The molecule has 4 nitrogen and oxygen atoms in total. The van der Waals surface area contributed by atoms with Gasteiger partial charge in [0.15, 0.2) is 0 Å². The zero-order valence-electron chi connectivity index (χ0n) is 12.2. The van der Waals surface area contributed by atoms with Crippen molar-refractivity contribution in [3.8, 4) is 0 Å². The Hall–Kier alpha value is -0.910. The van der Waals surface area contributed by atoms with Crippen molar-refractivity contribution in [1.82, 2.24) is 10.2 Å². The molecule has 0 aliphatic carbocycles. The second-order valence-electron chi connectivity index (χ2n) is 5.75. The minimum atomic E-state index is 0.0532. The van der Waals surface area contributed by atoms with Crippen molar-refractivity contribution < 1.29 is 9.90 Å². The van der Waals surface area contributed by atoms with Gasteiger partial charge in [-0.25, -0.2) is 0 Å². The Labute approximate surface area is 124 Å². The van der Waals surface area contributed by atoms with Crippen molar-refractivity contribution in [2.75, 3.05) is 19.7 Å². The van der Waals surface area contributed by atoms with E-state index in [1.54, 1.807) is 11.3 Å². The van der Waals surface area contributed by atoms with E-state index in [2.05, 4.69) is 30.1 Å². The summed E-state index contributed by atoms with van der Waals surface area (Å²) in [6, 6.07) is 4.32. The van der Waals surface area contributed by atoms with Crippen LogP contribution in [0.15, 0.2) is 17.5 Å². The van der Waals surface area contributed by atoms with Gasteiger partial charge in [0.1, 0.15) is 0 Å². The first-order valence-electron chi connectivity index (χ1n) is 7.29. The van der Waals surface area contributed by atoms with E-state index in [1.165, 1.54) is 4.88 Å². The van der Waals surface area contributed by atoms with Crippen molar-refractivity contribution in [3.05, 3.63) is 22.4 Å². The zero-order valence-corrected chi connectivity index (χ0v) is 13.0. The number of rotatable bonds is 6. The highest BCUT2D eigenvalue weighted by molar-refractivity contribution is 7.10. The minimum absolute atomic E-state index is 0.0532. The van der Waals surface area contributed by atoms with Gasteiger partial charge in [0, 0.05) is 10.9 Å². The summed E-state index contributed by atoms with van der Waals surface area (Å²) in [4.78, 5) is 15.5. The molecular weight excluding hydrogens is 272 g/mol. The number of carbonyl (C=O) groups excluding carboxylic acids is 1. The molecule has 20 heavy (non-hydrogen) atoms. The maximum Gasteiger partial charge on any atom is 0.234 e. The summed E-state index contributed by atoms with van der Waals surface area (Å²) in [5, 5.41) is 14.5. The third-order valence-electron chi connectivity index (χ3n) is 3.89. The van der Waals surface area contributed by atoms with E-state index >= 15 is 0 Å². The number of hydrogen-bond acceptors (Lipinski definition) is 4. The Bertz CT molecular complexity index is 420. The predicted molar refractivity (Wildman–Crippen MR) is 81.7 cm³/mol. The molecule has 1 saturated heterocycles. The van der Waals surface area contributed by atoms with E-state index < -0.39 is 0 Å². The predicted octanol–water partition coefficient (Wildman–Crippen LogP) is 2.02. The molecule has 5 heteroatoms. The molecule has 1 aromatic heterocycles. The summed E-state index contributed by atoms with van der Waals surface area (Å²) in [5.74, 6) is 0.419. The van der Waals surface area contributed by atoms with Gasteiger partial charge in [-0.05, 0) is 36.8 Å². The van der Waals surface area contributed by atoms with Gasteiger partial charge in [0.2, 0.25) is 5.91 Å². The van der Waals surface area contributed by atoms with E-state index in [0.717, 1.165) is 19.4 Å². The summed E-state index contributed by atoms with van der Waals surface area (Å²) in [6.45, 7) is 5.68. The molecule has 2 unspecified atom stereocenters. The molecule has 2 N–H and O–H groups in total. The summed E-state index contributed by atoms with van der Waals surface area (Å²) >= 11 is 1.68. The van der Waals surface area contributed by atoms with Crippen LogP contribution in [-0.2, 0) is 4.79 Å². The van der Waals surface area contributed by atoms with Crippen LogP contribution in [0.3, 0.4) is 0 Å². The largest absolute Gasteiger partial charge is 0.395 e. The van der Waals surface area contributed by atoms with E-state index in [-0.39, 0.29) is 24.6 Å². The van der Waals surface area contributed by atoms with Gasteiger partial charge in [0.05, 0.1) is 19.2 Å². The Balaban J connectivity index is 1.92. The monoisotopic (exact) mass is 296 g/mol. The highest BCUT2D eigenvalue weighted by Gasteiger charge is 2.27. The molecule has 1 aromatic rings. The molecule has 1 aliphatic heterocycles. The van der Waals surface area contributed by atoms with Gasteiger partial charge < -0.3 is 10.4 Å². The fraction of sp³-hybridized carbons (Fsp3) is 0.667. The number of nitrogens with one attached hydrogen (secondary N) is 1. The average Bonchev–Trinajstić information content (AvgIpc) is 3.06. The van der Waals surface area contributed by atoms with Gasteiger partial charge >= 0.3 is 0 Å². The molecule has 2 atom stereocenters. The molecule has 0 saturated carbocycles. The fourth-order valence-electron chi connectivity index (χ4n) is 2.75. The van der Waals surface area contributed by atoms with Gasteiger partial charge in [-0.1, -0.05) is 19.9 Å². The third kappa shape index (κ3) is 3.81. The zero-order chi connectivity index (χ0) is 14.5. The van der Waals surface area contributed by atoms with Crippen LogP contribution in [0.5, 0.6) is 0 Å². The number of aliphatic hydroxyl groups excluding tert-OH is 1. The van der Waals surface area contributed by atoms with Crippen molar-refractivity contribution in [2.24, 2.45) is 5.92 Å². The lowest BCUT2D eigenvalue weighted by atomic mass is 10.0. The topological polar surface area (TPSA) is 52.6 Å². The Morgan fingerprint density at radius 3 is 3.00 bits per heavy atom. The number of amides is 1. The maximum absolute atomic E-state index is 12.2. The van der Waals surface area contributed by atoms with Gasteiger partial charge in [-0.15, -0.1) is 11.3 Å². The highest BCUT2D eigenvalue weighted by Crippen LogP contribution is 2.26. The average molecular weight is 296 g/mol. The Kier molecular flexibility index (Phi) is 5.57. The molecule has 1 fully saturated rings. The van der Waals surface area contributed by atoms with Crippen LogP contribution in [0.2, 0.25) is 0 Å². The van der Waals surface area contributed by atoms with Crippen LogP contribution in [0.25, 0.3) is 0 Å². The lowest BCUT2D eigenvalue weighted by Gasteiger charge is -2.25. The van der Waals surface area contributed by atoms with Crippen LogP contribution in [-0.4, -0.2) is 41.7 Å². The normalized spacial score (nSPS) is 21.3. The van der Waals surface area contributed by atoms with Crippen LogP contribution in [0.4, 0.5) is 0 Å². The molecule has 2 heterocycles. The van der Waals surface area contributed by atoms with Crippen LogP contribution in [0, 0.1) is 5.92 Å². The molecule has 1 amide bonds. The molecule has 2 rings (SSSR count). The second-order valence-corrected chi connectivity index (χ2v) is 6.73. The molecule has 1 aliphatic rings. The summed E-state index contributed by atoms with van der Waals surface area (Å²) < 4.78 is 0. The van der Waals surface area contributed by atoms with Gasteiger partial charge in [-0.3, -0.25) is 9.69 Å². The van der Waals surface area contributed by atoms with Crippen molar-refractivity contribution >= 4 is 17.2 Å². The molecule has 0 aromatic carbocycles. The van der Waals surface area contributed by atoms with E-state index in [4.69, 9.17) is 0 Å². The lowest BCUT2D eigenvalue weighted by molar-refractivity contribution is -0.123. The number of thiophene rings is 1. The number of likely N-dealkylation sites (tertiary alicyclic amines) is 1. The summed E-state index contributed by atoms with van der Waals surface area (Å²) in [5.41, 5.74) is 0. The summed E-state index contributed by atoms with van der Waals surface area (Å²) in [6.07, 6.45) is 2.05. The van der Waals surface area contributed by atoms with Gasteiger partial charge in [0.25, 0.3) is 0 Å². The number of carbonyl (C=O) groups is 1. The molecule has 0 spiro atoms. The van der Waals surface area contributed by atoms with Crippen molar-refractivity contribution in [3.63, 3.8) is 0 Å². The lowest BCUT2D eigenvalue weighted by Crippen LogP contribution is -2.42. The van der Waals surface area contributed by atoms with Crippen molar-refractivity contribution in [2.45, 2.75) is 38.8 Å². The molecular formula is C15H24N2O2S. The SMILES string of the molecule is CC(C)C(NC(=O)CN1CCCC1CO)c1cccs1. The number of nitrogens with zero attached hydrogens (tertiary/aromatic N) is 1. The van der Waals surface area contributed by atoms with E-state index in [9.17, 15) is 9.90 Å². The second kappa shape index (κ2) is 7.20. The third-order valence-corrected chi connectivity index (χ3v) is 4.84. The first-order chi connectivity index (χ1) is 9.61. The number of aliphatic hydroxyl groups is 1. The standard InChI is InChI=1S/C15H24N2O2S/c1-11(2)15(13-6-4-8-20-13)16-14(19)9-17-7-3-5-12(17)10-18/h4,6,8,11-12,15,18H,3,5,7,9-10H2,1-2H3,(H,16,19). The van der Waals surface area contributed by atoms with Crippen molar-refractivity contribution in [1.29, 1.82) is 0 Å². The molecule has 0 radical (unpaired) electrons. The van der Waals surface area contributed by atoms with Gasteiger partial charge in [-0.2, -0.15) is 0 Å². The van der Waals surface area contributed by atoms with Crippen LogP contribution in [0.1, 0.15) is 37.6 Å². The number of hydrogen-bond donors (Lipinski definition) is 2. The smallest absolute Gasteiger partial charge is 0.234 e.